The van der Waals surface area contributed by atoms with Gasteiger partial charge in [-0.25, -0.2) is 4.39 Å². The van der Waals surface area contributed by atoms with Gasteiger partial charge in [0.2, 0.25) is 0 Å². The summed E-state index contributed by atoms with van der Waals surface area (Å²) in [5, 5.41) is 3.34. The van der Waals surface area contributed by atoms with Crippen LogP contribution in [-0.2, 0) is 19.6 Å². The van der Waals surface area contributed by atoms with E-state index < -0.39 is 0 Å². The van der Waals surface area contributed by atoms with E-state index in [1.807, 2.05) is 36.4 Å². The van der Waals surface area contributed by atoms with Gasteiger partial charge in [-0.1, -0.05) is 24.3 Å². The second-order valence-electron chi connectivity index (χ2n) is 6.28. The molecule has 0 bridgehead atoms. The smallest absolute Gasteiger partial charge is 0.175 e. The highest BCUT2D eigenvalue weighted by Gasteiger charge is 2.12. The van der Waals surface area contributed by atoms with Gasteiger partial charge in [-0.05, 0) is 64.3 Å². The maximum atomic E-state index is 13.7. The molecule has 29 heavy (non-hydrogen) atoms. The van der Waals surface area contributed by atoms with E-state index in [-0.39, 0.29) is 18.2 Å². The number of rotatable bonds is 9. The van der Waals surface area contributed by atoms with Crippen molar-refractivity contribution in [1.82, 2.24) is 10.3 Å². The number of ether oxygens (including phenoxy) is 2. The minimum atomic E-state index is -0.163. The van der Waals surface area contributed by atoms with Crippen LogP contribution < -0.4 is 14.8 Å². The van der Waals surface area contributed by atoms with Crippen LogP contribution in [0.2, 0.25) is 0 Å². The van der Waals surface area contributed by atoms with Gasteiger partial charge in [-0.3, -0.25) is 4.98 Å². The standard InChI is InChI=1S/C22H22BrFN2O2.ClH/c1-27-21-12-17(14-26-10-8-18-6-2-3-7-20(18)24)11-19(23)22(21)28-15-16-5-4-9-25-13-16;/h2-7,9,11-13,26H,8,10,14-15H2,1H3;1H. The molecule has 1 N–H and O–H groups in total. The summed E-state index contributed by atoms with van der Waals surface area (Å²) in [7, 11) is 1.62. The van der Waals surface area contributed by atoms with E-state index in [2.05, 4.69) is 26.2 Å². The van der Waals surface area contributed by atoms with Crippen LogP contribution >= 0.6 is 28.3 Å². The van der Waals surface area contributed by atoms with Crippen LogP contribution in [-0.4, -0.2) is 18.6 Å². The topological polar surface area (TPSA) is 43.4 Å². The minimum absolute atomic E-state index is 0. The molecule has 2 aromatic carbocycles. The average Bonchev–Trinajstić information content (AvgIpc) is 2.72. The fraction of sp³-hybridized carbons (Fsp3) is 0.227. The molecular weight excluding hydrogens is 459 g/mol. The number of benzene rings is 2. The maximum Gasteiger partial charge on any atom is 0.175 e. The molecule has 3 rings (SSSR count). The van der Waals surface area contributed by atoms with Gasteiger partial charge in [0.05, 0.1) is 11.6 Å². The molecule has 0 amide bonds. The van der Waals surface area contributed by atoms with Crippen molar-refractivity contribution in [2.45, 2.75) is 19.6 Å². The molecule has 0 radical (unpaired) electrons. The molecule has 0 spiro atoms. The zero-order valence-corrected chi connectivity index (χ0v) is 18.4. The van der Waals surface area contributed by atoms with E-state index in [4.69, 9.17) is 9.47 Å². The Hall–Kier alpha value is -2.15. The number of nitrogens with one attached hydrogen (secondary N) is 1. The van der Waals surface area contributed by atoms with E-state index in [0.29, 0.717) is 43.2 Å². The Kier molecular flexibility index (Phi) is 9.38. The first-order chi connectivity index (χ1) is 13.7. The van der Waals surface area contributed by atoms with Crippen LogP contribution in [0.3, 0.4) is 0 Å². The largest absolute Gasteiger partial charge is 0.493 e. The normalized spacial score (nSPS) is 10.3. The number of pyridine rings is 1. The highest BCUT2D eigenvalue weighted by molar-refractivity contribution is 9.10. The van der Waals surface area contributed by atoms with Gasteiger partial charge in [-0.15, -0.1) is 12.4 Å². The van der Waals surface area contributed by atoms with E-state index in [9.17, 15) is 4.39 Å². The van der Waals surface area contributed by atoms with Gasteiger partial charge in [0.25, 0.3) is 0 Å². The van der Waals surface area contributed by atoms with Gasteiger partial charge in [-0.2, -0.15) is 0 Å². The third-order valence-corrected chi connectivity index (χ3v) is 4.84. The minimum Gasteiger partial charge on any atom is -0.493 e. The number of methoxy groups -OCH3 is 1. The number of hydrogen-bond donors (Lipinski definition) is 1. The van der Waals surface area contributed by atoms with Crippen LogP contribution in [0.5, 0.6) is 11.5 Å². The fourth-order valence-electron chi connectivity index (χ4n) is 2.81. The van der Waals surface area contributed by atoms with Crippen LogP contribution in [0.15, 0.2) is 65.4 Å². The molecular formula is C22H23BrClFN2O2. The second kappa shape index (κ2) is 11.8. The third-order valence-electron chi connectivity index (χ3n) is 4.25. The lowest BCUT2D eigenvalue weighted by Crippen LogP contribution is -2.17. The van der Waals surface area contributed by atoms with Gasteiger partial charge >= 0.3 is 0 Å². The molecule has 1 aromatic heterocycles. The SMILES string of the molecule is COc1cc(CNCCc2ccccc2F)cc(Br)c1OCc1cccnc1.Cl. The van der Waals surface area contributed by atoms with Gasteiger partial charge in [0.15, 0.2) is 11.5 Å². The summed E-state index contributed by atoms with van der Waals surface area (Å²) in [5.74, 6) is 1.15. The fourth-order valence-corrected chi connectivity index (χ4v) is 3.42. The average molecular weight is 482 g/mol. The predicted octanol–water partition coefficient (Wildman–Crippen LogP) is 5.32. The Morgan fingerprint density at radius 2 is 1.93 bits per heavy atom. The van der Waals surface area contributed by atoms with Gasteiger partial charge in [0.1, 0.15) is 12.4 Å². The monoisotopic (exact) mass is 480 g/mol. The molecule has 0 unspecified atom stereocenters. The van der Waals surface area contributed by atoms with E-state index in [0.717, 1.165) is 15.6 Å². The Morgan fingerprint density at radius 1 is 1.10 bits per heavy atom. The molecule has 7 heteroatoms. The van der Waals surface area contributed by atoms with Crippen molar-refractivity contribution in [2.24, 2.45) is 0 Å². The first-order valence-corrected chi connectivity index (χ1v) is 9.79. The van der Waals surface area contributed by atoms with Crippen LogP contribution in [0, 0.1) is 5.82 Å². The molecule has 0 fully saturated rings. The maximum absolute atomic E-state index is 13.7. The Morgan fingerprint density at radius 3 is 2.66 bits per heavy atom. The highest BCUT2D eigenvalue weighted by Crippen LogP contribution is 2.37. The predicted molar refractivity (Wildman–Crippen MR) is 118 cm³/mol. The van der Waals surface area contributed by atoms with Crippen LogP contribution in [0.1, 0.15) is 16.7 Å². The van der Waals surface area contributed by atoms with Gasteiger partial charge < -0.3 is 14.8 Å². The summed E-state index contributed by atoms with van der Waals surface area (Å²) in [6.07, 6.45) is 4.14. The Balaban J connectivity index is 0.00000300. The summed E-state index contributed by atoms with van der Waals surface area (Å²) >= 11 is 3.57. The van der Waals surface area contributed by atoms with Crippen molar-refractivity contribution >= 4 is 28.3 Å². The molecule has 0 saturated heterocycles. The first kappa shape index (κ1) is 23.1. The van der Waals surface area contributed by atoms with Crippen molar-refractivity contribution < 1.29 is 13.9 Å². The Labute approximate surface area is 185 Å². The first-order valence-electron chi connectivity index (χ1n) is 8.99. The lowest BCUT2D eigenvalue weighted by Gasteiger charge is -2.15. The summed E-state index contributed by atoms with van der Waals surface area (Å²) in [4.78, 5) is 4.09. The van der Waals surface area contributed by atoms with Crippen LogP contribution in [0.25, 0.3) is 0 Å². The van der Waals surface area contributed by atoms with Crippen molar-refractivity contribution in [3.05, 3.63) is 87.9 Å². The van der Waals surface area contributed by atoms with Crippen molar-refractivity contribution in [3.63, 3.8) is 0 Å². The molecule has 0 aliphatic heterocycles. The molecule has 1 heterocycles. The molecule has 0 atom stereocenters. The van der Waals surface area contributed by atoms with Crippen LogP contribution in [0.4, 0.5) is 4.39 Å². The van der Waals surface area contributed by atoms with E-state index in [1.165, 1.54) is 6.07 Å². The summed E-state index contributed by atoms with van der Waals surface area (Å²) in [6.45, 7) is 1.73. The summed E-state index contributed by atoms with van der Waals surface area (Å²) in [6, 6.07) is 14.6. The zero-order valence-electron chi connectivity index (χ0n) is 16.0. The molecule has 0 aliphatic rings. The number of aromatic nitrogens is 1. The van der Waals surface area contributed by atoms with Crippen molar-refractivity contribution in [2.75, 3.05) is 13.7 Å². The molecule has 3 aromatic rings. The van der Waals surface area contributed by atoms with Crippen molar-refractivity contribution in [3.8, 4) is 11.5 Å². The number of halogens is 3. The molecule has 154 valence electrons. The number of nitrogens with zero attached hydrogens (tertiary/aromatic N) is 1. The lowest BCUT2D eigenvalue weighted by atomic mass is 10.1. The molecule has 4 nitrogen and oxygen atoms in total. The second-order valence-corrected chi connectivity index (χ2v) is 7.13. The van der Waals surface area contributed by atoms with Crippen molar-refractivity contribution in [1.29, 1.82) is 0 Å². The van der Waals surface area contributed by atoms with E-state index in [1.54, 1.807) is 25.6 Å². The summed E-state index contributed by atoms with van der Waals surface area (Å²) < 4.78 is 25.9. The Bertz CT molecular complexity index is 913. The van der Waals surface area contributed by atoms with Gasteiger partial charge in [0, 0.05) is 24.5 Å². The van der Waals surface area contributed by atoms with E-state index >= 15 is 0 Å². The quantitative estimate of drug-likeness (QED) is 0.420. The molecule has 0 aliphatic carbocycles. The lowest BCUT2D eigenvalue weighted by molar-refractivity contribution is 0.282. The summed E-state index contributed by atoms with van der Waals surface area (Å²) in [5.41, 5.74) is 2.74. The molecule has 0 saturated carbocycles. The number of hydrogen-bond acceptors (Lipinski definition) is 4. The third kappa shape index (κ3) is 6.70. The zero-order chi connectivity index (χ0) is 19.8. The highest BCUT2D eigenvalue weighted by atomic mass is 79.9.